The highest BCUT2D eigenvalue weighted by atomic mass is 35.5. The molecule has 1 saturated carbocycles. The number of nitrogens with one attached hydrogen (secondary N) is 1. The Hall–Kier alpha value is -1.47. The average Bonchev–Trinajstić information content (AvgIpc) is 3.12. The summed E-state index contributed by atoms with van der Waals surface area (Å²) in [5.41, 5.74) is 0.138. The quantitative estimate of drug-likeness (QED) is 0.830. The molecule has 0 saturated heterocycles. The molecular weight excluding hydrogens is 238 g/mol. The van der Waals surface area contributed by atoms with E-state index in [2.05, 4.69) is 23.3 Å². The first-order valence-corrected chi connectivity index (χ1v) is 5.97. The van der Waals surface area contributed by atoms with Crippen molar-refractivity contribution in [1.29, 1.82) is 0 Å². The fourth-order valence-electron chi connectivity index (χ4n) is 1.74. The third-order valence-electron chi connectivity index (χ3n) is 2.94. The highest BCUT2D eigenvalue weighted by Gasteiger charge is 2.28. The highest BCUT2D eigenvalue weighted by molar-refractivity contribution is 6.33. The van der Waals surface area contributed by atoms with Gasteiger partial charge in [0.15, 0.2) is 0 Å². The molecule has 0 spiro atoms. The lowest BCUT2D eigenvalue weighted by atomic mass is 10.2. The SMILES string of the molecule is C#CCn1ncc(Cl)c(NC(C)C2CC2)c1=O. The molecule has 0 aliphatic heterocycles. The Morgan fingerprint density at radius 3 is 3.06 bits per heavy atom. The van der Waals surface area contributed by atoms with Crippen molar-refractivity contribution in [3.05, 3.63) is 21.6 Å². The zero-order chi connectivity index (χ0) is 12.4. The minimum absolute atomic E-state index is 0.155. The maximum Gasteiger partial charge on any atom is 0.292 e. The lowest BCUT2D eigenvalue weighted by Crippen LogP contribution is -2.29. The van der Waals surface area contributed by atoms with Crippen molar-refractivity contribution in [2.24, 2.45) is 5.92 Å². The molecule has 1 fully saturated rings. The van der Waals surface area contributed by atoms with E-state index in [1.54, 1.807) is 0 Å². The second-order valence-electron chi connectivity index (χ2n) is 4.30. The van der Waals surface area contributed by atoms with Crippen LogP contribution in [-0.4, -0.2) is 15.8 Å². The van der Waals surface area contributed by atoms with E-state index < -0.39 is 0 Å². The van der Waals surface area contributed by atoms with E-state index in [9.17, 15) is 4.79 Å². The molecule has 4 nitrogen and oxygen atoms in total. The van der Waals surface area contributed by atoms with E-state index in [-0.39, 0.29) is 18.1 Å². The fourth-order valence-corrected chi connectivity index (χ4v) is 1.92. The van der Waals surface area contributed by atoms with Crippen molar-refractivity contribution >= 4 is 17.3 Å². The Kier molecular flexibility index (Phi) is 3.39. The molecule has 2 rings (SSSR count). The van der Waals surface area contributed by atoms with E-state index in [1.807, 2.05) is 0 Å². The van der Waals surface area contributed by atoms with Crippen LogP contribution in [0.25, 0.3) is 0 Å². The van der Waals surface area contributed by atoms with Crippen molar-refractivity contribution in [2.45, 2.75) is 32.4 Å². The Bertz CT molecular complexity index is 513. The van der Waals surface area contributed by atoms with Crippen LogP contribution >= 0.6 is 11.6 Å². The lowest BCUT2D eigenvalue weighted by molar-refractivity contribution is 0.651. The van der Waals surface area contributed by atoms with Crippen LogP contribution in [0.5, 0.6) is 0 Å². The molecule has 0 aromatic carbocycles. The number of nitrogens with zero attached hydrogens (tertiary/aromatic N) is 2. The summed E-state index contributed by atoms with van der Waals surface area (Å²) in [7, 11) is 0. The van der Waals surface area contributed by atoms with Gasteiger partial charge in [0, 0.05) is 6.04 Å². The molecule has 1 atom stereocenters. The van der Waals surface area contributed by atoms with Gasteiger partial charge in [-0.15, -0.1) is 6.42 Å². The second kappa shape index (κ2) is 4.80. The minimum atomic E-state index is -0.261. The van der Waals surface area contributed by atoms with Crippen molar-refractivity contribution in [2.75, 3.05) is 5.32 Å². The Morgan fingerprint density at radius 2 is 2.47 bits per heavy atom. The number of halogens is 1. The van der Waals surface area contributed by atoms with Crippen LogP contribution < -0.4 is 10.9 Å². The molecule has 1 aromatic rings. The van der Waals surface area contributed by atoms with Crippen LogP contribution in [0.1, 0.15) is 19.8 Å². The fraction of sp³-hybridized carbons (Fsp3) is 0.500. The van der Waals surface area contributed by atoms with Crippen LogP contribution in [0.3, 0.4) is 0 Å². The number of anilines is 1. The molecule has 90 valence electrons. The van der Waals surface area contributed by atoms with Gasteiger partial charge in [0.05, 0.1) is 11.2 Å². The third kappa shape index (κ3) is 2.62. The molecule has 5 heteroatoms. The van der Waals surface area contributed by atoms with Gasteiger partial charge in [-0.1, -0.05) is 17.5 Å². The van der Waals surface area contributed by atoms with Gasteiger partial charge in [0.25, 0.3) is 5.56 Å². The van der Waals surface area contributed by atoms with Gasteiger partial charge >= 0.3 is 0 Å². The number of hydrogen-bond acceptors (Lipinski definition) is 3. The molecule has 1 unspecified atom stereocenters. The molecule has 0 radical (unpaired) electrons. The predicted molar refractivity (Wildman–Crippen MR) is 68.1 cm³/mol. The van der Waals surface area contributed by atoms with Crippen molar-refractivity contribution < 1.29 is 0 Å². The number of aromatic nitrogens is 2. The standard InChI is InChI=1S/C12H14ClN3O/c1-3-6-16-12(17)11(10(13)7-14-16)15-8(2)9-4-5-9/h1,7-9,15H,4-6H2,2H3. The zero-order valence-corrected chi connectivity index (χ0v) is 10.4. The van der Waals surface area contributed by atoms with Crippen LogP contribution in [-0.2, 0) is 6.54 Å². The summed E-state index contributed by atoms with van der Waals surface area (Å²) in [6.07, 6.45) is 9.03. The highest BCUT2D eigenvalue weighted by Crippen LogP contribution is 2.34. The Labute approximate surface area is 105 Å². The number of rotatable bonds is 4. The van der Waals surface area contributed by atoms with Gasteiger partial charge in [-0.3, -0.25) is 4.79 Å². The lowest BCUT2D eigenvalue weighted by Gasteiger charge is -2.15. The summed E-state index contributed by atoms with van der Waals surface area (Å²) in [4.78, 5) is 12.0. The van der Waals surface area contributed by atoms with E-state index in [1.165, 1.54) is 23.7 Å². The van der Waals surface area contributed by atoms with Gasteiger partial charge < -0.3 is 5.32 Å². The smallest absolute Gasteiger partial charge is 0.292 e. The first kappa shape index (κ1) is 12.0. The maximum absolute atomic E-state index is 12.0. The Morgan fingerprint density at radius 1 is 1.76 bits per heavy atom. The van der Waals surface area contributed by atoms with Crippen molar-refractivity contribution in [3.63, 3.8) is 0 Å². The van der Waals surface area contributed by atoms with E-state index in [4.69, 9.17) is 18.0 Å². The summed E-state index contributed by atoms with van der Waals surface area (Å²) < 4.78 is 1.23. The molecule has 1 aliphatic carbocycles. The van der Waals surface area contributed by atoms with Gasteiger partial charge in [0.2, 0.25) is 0 Å². The van der Waals surface area contributed by atoms with Gasteiger partial charge in [-0.25, -0.2) is 4.68 Å². The third-order valence-corrected chi connectivity index (χ3v) is 3.23. The first-order valence-electron chi connectivity index (χ1n) is 5.59. The summed E-state index contributed by atoms with van der Waals surface area (Å²) >= 11 is 5.98. The molecule has 1 N–H and O–H groups in total. The number of hydrogen-bond donors (Lipinski definition) is 1. The zero-order valence-electron chi connectivity index (χ0n) is 9.61. The molecular formula is C12H14ClN3O. The summed E-state index contributed by atoms with van der Waals surface area (Å²) in [6, 6.07) is 0.252. The molecule has 1 heterocycles. The first-order chi connectivity index (χ1) is 8.13. The van der Waals surface area contributed by atoms with Crippen molar-refractivity contribution in [1.82, 2.24) is 9.78 Å². The summed E-state index contributed by atoms with van der Waals surface area (Å²) in [6.45, 7) is 2.21. The normalized spacial score (nSPS) is 16.3. The van der Waals surface area contributed by atoms with E-state index in [0.29, 0.717) is 16.6 Å². The largest absolute Gasteiger partial charge is 0.377 e. The van der Waals surface area contributed by atoms with Gasteiger partial charge in [-0.05, 0) is 25.7 Å². The topological polar surface area (TPSA) is 46.9 Å². The monoisotopic (exact) mass is 251 g/mol. The maximum atomic E-state index is 12.0. The molecule has 1 aliphatic rings. The summed E-state index contributed by atoms with van der Waals surface area (Å²) in [5, 5.41) is 7.39. The molecule has 0 bridgehead atoms. The molecule has 1 aromatic heterocycles. The number of terminal acetylenes is 1. The van der Waals surface area contributed by atoms with Crippen LogP contribution in [0.15, 0.2) is 11.0 Å². The predicted octanol–water partition coefficient (Wildman–Crippen LogP) is 1.74. The van der Waals surface area contributed by atoms with E-state index >= 15 is 0 Å². The van der Waals surface area contributed by atoms with Crippen LogP contribution in [0.2, 0.25) is 5.02 Å². The second-order valence-corrected chi connectivity index (χ2v) is 4.71. The minimum Gasteiger partial charge on any atom is -0.377 e. The van der Waals surface area contributed by atoms with Crippen molar-refractivity contribution in [3.8, 4) is 12.3 Å². The molecule has 17 heavy (non-hydrogen) atoms. The van der Waals surface area contributed by atoms with Gasteiger partial charge in [-0.2, -0.15) is 5.10 Å². The van der Waals surface area contributed by atoms with Gasteiger partial charge in [0.1, 0.15) is 12.2 Å². The molecule has 0 amide bonds. The van der Waals surface area contributed by atoms with Crippen LogP contribution in [0, 0.1) is 18.3 Å². The Balaban J connectivity index is 2.28. The summed E-state index contributed by atoms with van der Waals surface area (Å²) in [5.74, 6) is 3.03. The van der Waals surface area contributed by atoms with E-state index in [0.717, 1.165) is 0 Å². The average molecular weight is 252 g/mol. The van der Waals surface area contributed by atoms with Crippen LogP contribution in [0.4, 0.5) is 5.69 Å².